The molecule has 0 radical (unpaired) electrons. The highest BCUT2D eigenvalue weighted by Gasteiger charge is 2.24. The molecule has 2 aromatic carbocycles. The number of aryl methyl sites for hydroxylation is 1. The molecule has 8 nitrogen and oxygen atoms in total. The van der Waals surface area contributed by atoms with Crippen molar-refractivity contribution in [3.8, 4) is 23.0 Å². The van der Waals surface area contributed by atoms with Gasteiger partial charge in [-0.15, -0.1) is 0 Å². The fraction of sp³-hybridized carbons (Fsp3) is 0.300. The van der Waals surface area contributed by atoms with Crippen molar-refractivity contribution < 1.29 is 38.7 Å². The number of hydrogen-bond donors (Lipinski definition) is 2. The Hall–Kier alpha value is -3.42. The number of ether oxygens (including phenoxy) is 4. The molecule has 0 aromatic heterocycles. The van der Waals surface area contributed by atoms with Gasteiger partial charge in [-0.2, -0.15) is 0 Å². The second-order valence-corrected chi connectivity index (χ2v) is 5.82. The Kier molecular flexibility index (Phi) is 6.70. The summed E-state index contributed by atoms with van der Waals surface area (Å²) in [5.74, 6) is -1.11. The largest absolute Gasteiger partial charge is 0.496 e. The number of rotatable bonds is 9. The van der Waals surface area contributed by atoms with E-state index in [1.165, 1.54) is 40.6 Å². The Morgan fingerprint density at radius 3 is 1.86 bits per heavy atom. The zero-order valence-corrected chi connectivity index (χ0v) is 16.1. The summed E-state index contributed by atoms with van der Waals surface area (Å²) in [4.78, 5) is 23.0. The Morgan fingerprint density at radius 2 is 1.36 bits per heavy atom. The van der Waals surface area contributed by atoms with Crippen molar-refractivity contribution >= 4 is 11.9 Å². The van der Waals surface area contributed by atoms with E-state index in [9.17, 15) is 19.8 Å². The van der Waals surface area contributed by atoms with E-state index in [4.69, 9.17) is 18.9 Å². The first kappa shape index (κ1) is 20.9. The summed E-state index contributed by atoms with van der Waals surface area (Å²) >= 11 is 0. The number of methoxy groups -OCH3 is 4. The van der Waals surface area contributed by atoms with Crippen LogP contribution in [0.3, 0.4) is 0 Å². The first-order chi connectivity index (χ1) is 13.4. The van der Waals surface area contributed by atoms with Gasteiger partial charge in [-0.1, -0.05) is 6.07 Å². The van der Waals surface area contributed by atoms with E-state index in [1.807, 2.05) is 0 Å². The summed E-state index contributed by atoms with van der Waals surface area (Å²) in [6, 6.07) is 6.14. The van der Waals surface area contributed by atoms with Gasteiger partial charge in [0.1, 0.15) is 11.3 Å². The predicted molar refractivity (Wildman–Crippen MR) is 100 cm³/mol. The number of carbonyl (C=O) groups is 2. The van der Waals surface area contributed by atoms with Crippen LogP contribution in [0, 0.1) is 0 Å². The van der Waals surface area contributed by atoms with E-state index in [-0.39, 0.29) is 28.4 Å². The standard InChI is InChI=1S/C20H22O8/c1-25-15-9-11(6-8-13(15)19(21)22)5-7-12-14(20(23)24)10-16(26-2)18(28-4)17(12)27-3/h6,8-10H,5,7H2,1-4H3,(H,21,22)(H,23,24). The highest BCUT2D eigenvalue weighted by atomic mass is 16.5. The summed E-state index contributed by atoms with van der Waals surface area (Å²) in [5, 5.41) is 18.8. The van der Waals surface area contributed by atoms with E-state index >= 15 is 0 Å². The van der Waals surface area contributed by atoms with Crippen molar-refractivity contribution in [3.63, 3.8) is 0 Å². The Balaban J connectivity index is 2.45. The van der Waals surface area contributed by atoms with Crippen LogP contribution < -0.4 is 18.9 Å². The lowest BCUT2D eigenvalue weighted by Gasteiger charge is -2.18. The van der Waals surface area contributed by atoms with Crippen molar-refractivity contribution in [2.24, 2.45) is 0 Å². The molecular formula is C20H22O8. The first-order valence-corrected chi connectivity index (χ1v) is 8.33. The summed E-state index contributed by atoms with van der Waals surface area (Å²) in [7, 11) is 5.68. The molecule has 0 bridgehead atoms. The molecule has 0 aliphatic carbocycles. The molecule has 0 aliphatic heterocycles. The van der Waals surface area contributed by atoms with Crippen LogP contribution in [-0.4, -0.2) is 50.6 Å². The average Bonchev–Trinajstić information content (AvgIpc) is 2.70. The number of hydrogen-bond acceptors (Lipinski definition) is 6. The van der Waals surface area contributed by atoms with Gasteiger partial charge >= 0.3 is 11.9 Å². The van der Waals surface area contributed by atoms with Gasteiger partial charge in [0.25, 0.3) is 0 Å². The lowest BCUT2D eigenvalue weighted by molar-refractivity contribution is 0.0683. The van der Waals surface area contributed by atoms with Crippen molar-refractivity contribution in [1.29, 1.82) is 0 Å². The molecule has 2 N–H and O–H groups in total. The summed E-state index contributed by atoms with van der Waals surface area (Å²) < 4.78 is 21.1. The third-order valence-electron chi connectivity index (χ3n) is 4.32. The lowest BCUT2D eigenvalue weighted by atomic mass is 9.97. The predicted octanol–water partition coefficient (Wildman–Crippen LogP) is 2.90. The van der Waals surface area contributed by atoms with E-state index in [0.717, 1.165) is 5.56 Å². The summed E-state index contributed by atoms with van der Waals surface area (Å²) in [5.41, 5.74) is 1.34. The van der Waals surface area contributed by atoms with Crippen LogP contribution in [0.4, 0.5) is 0 Å². The molecule has 0 aliphatic rings. The SMILES string of the molecule is COc1cc(CCc2c(C(=O)O)cc(OC)c(OC)c2OC)ccc1C(=O)O. The Labute approximate surface area is 162 Å². The molecule has 0 saturated heterocycles. The van der Waals surface area contributed by atoms with E-state index in [1.54, 1.807) is 12.1 Å². The first-order valence-electron chi connectivity index (χ1n) is 8.33. The molecule has 2 rings (SSSR count). The molecule has 0 heterocycles. The highest BCUT2D eigenvalue weighted by Crippen LogP contribution is 2.42. The molecule has 0 amide bonds. The van der Waals surface area contributed by atoms with E-state index in [0.29, 0.717) is 24.2 Å². The maximum atomic E-state index is 11.8. The van der Waals surface area contributed by atoms with Gasteiger partial charge in [0.15, 0.2) is 11.5 Å². The van der Waals surface area contributed by atoms with Crippen molar-refractivity contribution in [3.05, 3.63) is 46.5 Å². The second-order valence-electron chi connectivity index (χ2n) is 5.82. The molecule has 2 aromatic rings. The third kappa shape index (κ3) is 4.11. The number of carboxylic acid groups (broad SMARTS) is 2. The molecule has 150 valence electrons. The fourth-order valence-electron chi connectivity index (χ4n) is 2.99. The minimum atomic E-state index is -1.12. The lowest BCUT2D eigenvalue weighted by Crippen LogP contribution is -2.09. The summed E-state index contributed by atoms with van der Waals surface area (Å²) in [6.45, 7) is 0. The maximum Gasteiger partial charge on any atom is 0.339 e. The quantitative estimate of drug-likeness (QED) is 0.672. The van der Waals surface area contributed by atoms with E-state index < -0.39 is 11.9 Å². The van der Waals surface area contributed by atoms with Gasteiger partial charge in [-0.05, 0) is 36.6 Å². The molecular weight excluding hydrogens is 368 g/mol. The molecule has 0 atom stereocenters. The van der Waals surface area contributed by atoms with Crippen LogP contribution in [-0.2, 0) is 12.8 Å². The molecule has 28 heavy (non-hydrogen) atoms. The smallest absolute Gasteiger partial charge is 0.339 e. The summed E-state index contributed by atoms with van der Waals surface area (Å²) in [6.07, 6.45) is 0.753. The maximum absolute atomic E-state index is 11.8. The Bertz CT molecular complexity index is 888. The van der Waals surface area contributed by atoms with Crippen LogP contribution in [0.25, 0.3) is 0 Å². The highest BCUT2D eigenvalue weighted by molar-refractivity contribution is 5.92. The average molecular weight is 390 g/mol. The molecule has 8 heteroatoms. The Morgan fingerprint density at radius 1 is 0.750 bits per heavy atom. The van der Waals surface area contributed by atoms with Gasteiger partial charge in [0, 0.05) is 5.56 Å². The van der Waals surface area contributed by atoms with Crippen LogP contribution in [0.1, 0.15) is 31.8 Å². The van der Waals surface area contributed by atoms with Crippen molar-refractivity contribution in [2.75, 3.05) is 28.4 Å². The molecule has 0 saturated carbocycles. The topological polar surface area (TPSA) is 112 Å². The van der Waals surface area contributed by atoms with Crippen LogP contribution in [0.15, 0.2) is 24.3 Å². The monoisotopic (exact) mass is 390 g/mol. The number of carboxylic acids is 2. The fourth-order valence-corrected chi connectivity index (χ4v) is 2.99. The second kappa shape index (κ2) is 8.98. The zero-order chi connectivity index (χ0) is 20.8. The number of aromatic carboxylic acids is 2. The minimum Gasteiger partial charge on any atom is -0.496 e. The van der Waals surface area contributed by atoms with Gasteiger partial charge in [0.05, 0.1) is 34.0 Å². The molecule has 0 unspecified atom stereocenters. The number of benzene rings is 2. The van der Waals surface area contributed by atoms with Crippen LogP contribution in [0.5, 0.6) is 23.0 Å². The van der Waals surface area contributed by atoms with E-state index in [2.05, 4.69) is 0 Å². The van der Waals surface area contributed by atoms with Gasteiger partial charge < -0.3 is 29.2 Å². The molecule has 0 fully saturated rings. The van der Waals surface area contributed by atoms with Crippen LogP contribution in [0.2, 0.25) is 0 Å². The minimum absolute atomic E-state index is 0.0450. The zero-order valence-electron chi connectivity index (χ0n) is 16.1. The van der Waals surface area contributed by atoms with Gasteiger partial charge in [-0.3, -0.25) is 0 Å². The van der Waals surface area contributed by atoms with Gasteiger partial charge in [-0.25, -0.2) is 9.59 Å². The normalized spacial score (nSPS) is 10.3. The van der Waals surface area contributed by atoms with Crippen LogP contribution >= 0.6 is 0 Å². The van der Waals surface area contributed by atoms with Gasteiger partial charge in [0.2, 0.25) is 5.75 Å². The van der Waals surface area contributed by atoms with Crippen molar-refractivity contribution in [1.82, 2.24) is 0 Å². The molecule has 0 spiro atoms. The third-order valence-corrected chi connectivity index (χ3v) is 4.32. The van der Waals surface area contributed by atoms with Crippen molar-refractivity contribution in [2.45, 2.75) is 12.8 Å².